The molecule has 0 saturated heterocycles. The normalized spacial score (nSPS) is 12.0. The molecule has 0 N–H and O–H groups in total. The van der Waals surface area contributed by atoms with Crippen molar-refractivity contribution < 1.29 is 4.74 Å². The fraction of sp³-hybridized carbons (Fsp3) is 1.00. The van der Waals surface area contributed by atoms with Crippen molar-refractivity contribution in [2.75, 3.05) is 19.7 Å². The van der Waals surface area contributed by atoms with Gasteiger partial charge >= 0.3 is 0 Å². The Bertz CT molecular complexity index is 228. The van der Waals surface area contributed by atoms with Crippen LogP contribution in [-0.2, 0) is 4.74 Å². The Kier molecular flexibility index (Phi) is 17.7. The standard InChI is InChI=1S/C22H47NO/c1-6-9-11-13-15-17-22(18-16-14-12-10-7-2)23(8-3)19-20-24-21(4)5/h21-22H,6-20H2,1-5H3. The summed E-state index contributed by atoms with van der Waals surface area (Å²) in [6.45, 7) is 14.3. The van der Waals surface area contributed by atoms with Crippen LogP contribution in [0.3, 0.4) is 0 Å². The maximum absolute atomic E-state index is 5.80. The Morgan fingerprint density at radius 3 is 1.62 bits per heavy atom. The van der Waals surface area contributed by atoms with Crippen LogP contribution in [-0.4, -0.2) is 36.7 Å². The van der Waals surface area contributed by atoms with E-state index < -0.39 is 0 Å². The molecule has 146 valence electrons. The molecule has 0 heterocycles. The van der Waals surface area contributed by atoms with E-state index in [9.17, 15) is 0 Å². The monoisotopic (exact) mass is 341 g/mol. The molecule has 0 amide bonds. The minimum Gasteiger partial charge on any atom is -0.377 e. The van der Waals surface area contributed by atoms with Crippen LogP contribution >= 0.6 is 0 Å². The summed E-state index contributed by atoms with van der Waals surface area (Å²) >= 11 is 0. The summed E-state index contributed by atoms with van der Waals surface area (Å²) in [7, 11) is 0. The van der Waals surface area contributed by atoms with Gasteiger partial charge in [0.2, 0.25) is 0 Å². The lowest BCUT2D eigenvalue weighted by atomic mass is 9.99. The number of hydrogen-bond acceptors (Lipinski definition) is 2. The van der Waals surface area contributed by atoms with Gasteiger partial charge in [0, 0.05) is 12.6 Å². The average Bonchev–Trinajstić information content (AvgIpc) is 2.56. The van der Waals surface area contributed by atoms with E-state index in [1.165, 1.54) is 77.0 Å². The lowest BCUT2D eigenvalue weighted by molar-refractivity contribution is 0.0470. The molecule has 0 aromatic carbocycles. The molecule has 0 spiro atoms. The maximum atomic E-state index is 5.80. The van der Waals surface area contributed by atoms with E-state index in [4.69, 9.17) is 4.74 Å². The molecule has 0 rings (SSSR count). The molecule has 0 aliphatic carbocycles. The zero-order valence-corrected chi connectivity index (χ0v) is 17.6. The van der Waals surface area contributed by atoms with Gasteiger partial charge in [-0.1, -0.05) is 85.0 Å². The van der Waals surface area contributed by atoms with E-state index >= 15 is 0 Å². The summed E-state index contributed by atoms with van der Waals surface area (Å²) in [6, 6.07) is 0.772. The van der Waals surface area contributed by atoms with E-state index in [0.29, 0.717) is 6.10 Å². The molecule has 0 aliphatic heterocycles. The molecular weight excluding hydrogens is 294 g/mol. The van der Waals surface area contributed by atoms with Gasteiger partial charge in [0.15, 0.2) is 0 Å². The number of unbranched alkanes of at least 4 members (excludes halogenated alkanes) is 8. The minimum absolute atomic E-state index is 0.352. The van der Waals surface area contributed by atoms with Crippen LogP contribution in [0, 0.1) is 0 Å². The highest BCUT2D eigenvalue weighted by Crippen LogP contribution is 2.18. The van der Waals surface area contributed by atoms with Crippen LogP contribution in [0.25, 0.3) is 0 Å². The van der Waals surface area contributed by atoms with Crippen LogP contribution in [0.2, 0.25) is 0 Å². The highest BCUT2D eigenvalue weighted by Gasteiger charge is 2.16. The van der Waals surface area contributed by atoms with Crippen LogP contribution in [0.5, 0.6) is 0 Å². The van der Waals surface area contributed by atoms with Crippen molar-refractivity contribution in [3.63, 3.8) is 0 Å². The van der Waals surface area contributed by atoms with Gasteiger partial charge in [0.25, 0.3) is 0 Å². The summed E-state index contributed by atoms with van der Waals surface area (Å²) in [5.41, 5.74) is 0. The fourth-order valence-electron chi connectivity index (χ4n) is 3.48. The van der Waals surface area contributed by atoms with Crippen LogP contribution in [0.1, 0.15) is 112 Å². The van der Waals surface area contributed by atoms with E-state index in [0.717, 1.165) is 25.7 Å². The first kappa shape index (κ1) is 23.9. The Morgan fingerprint density at radius 1 is 0.708 bits per heavy atom. The molecule has 0 unspecified atom stereocenters. The first-order chi connectivity index (χ1) is 11.7. The van der Waals surface area contributed by atoms with Gasteiger partial charge in [-0.15, -0.1) is 0 Å². The van der Waals surface area contributed by atoms with Crippen LogP contribution in [0.15, 0.2) is 0 Å². The van der Waals surface area contributed by atoms with E-state index in [-0.39, 0.29) is 0 Å². The van der Waals surface area contributed by atoms with Crippen molar-refractivity contribution >= 4 is 0 Å². The maximum Gasteiger partial charge on any atom is 0.0597 e. The van der Waals surface area contributed by atoms with Crippen molar-refractivity contribution in [3.05, 3.63) is 0 Å². The van der Waals surface area contributed by atoms with Crippen LogP contribution < -0.4 is 0 Å². The summed E-state index contributed by atoms with van der Waals surface area (Å²) in [4.78, 5) is 2.68. The van der Waals surface area contributed by atoms with Gasteiger partial charge in [-0.2, -0.15) is 0 Å². The quantitative estimate of drug-likeness (QED) is 0.253. The lowest BCUT2D eigenvalue weighted by Crippen LogP contribution is -2.38. The zero-order valence-electron chi connectivity index (χ0n) is 17.6. The van der Waals surface area contributed by atoms with Gasteiger partial charge in [-0.25, -0.2) is 0 Å². The fourth-order valence-corrected chi connectivity index (χ4v) is 3.48. The van der Waals surface area contributed by atoms with Crippen molar-refractivity contribution in [2.45, 2.75) is 124 Å². The third-order valence-corrected chi connectivity index (χ3v) is 5.03. The molecule has 0 fully saturated rings. The van der Waals surface area contributed by atoms with E-state index in [2.05, 4.69) is 39.5 Å². The number of likely N-dealkylation sites (N-methyl/N-ethyl adjacent to an activating group) is 1. The number of rotatable bonds is 18. The van der Waals surface area contributed by atoms with Crippen molar-refractivity contribution in [1.29, 1.82) is 0 Å². The predicted octanol–water partition coefficient (Wildman–Crippen LogP) is 6.82. The second-order valence-corrected chi connectivity index (χ2v) is 7.61. The molecule has 24 heavy (non-hydrogen) atoms. The Morgan fingerprint density at radius 2 is 1.21 bits per heavy atom. The third-order valence-electron chi connectivity index (χ3n) is 5.03. The molecule has 0 saturated carbocycles. The molecular formula is C22H47NO. The lowest BCUT2D eigenvalue weighted by Gasteiger charge is -2.31. The minimum atomic E-state index is 0.352. The molecule has 2 heteroatoms. The van der Waals surface area contributed by atoms with Crippen LogP contribution in [0.4, 0.5) is 0 Å². The molecule has 0 bridgehead atoms. The molecule has 0 aliphatic rings. The van der Waals surface area contributed by atoms with Crippen molar-refractivity contribution in [3.8, 4) is 0 Å². The first-order valence-corrected chi connectivity index (χ1v) is 11.0. The Labute approximate surface area is 153 Å². The summed E-state index contributed by atoms with van der Waals surface area (Å²) < 4.78 is 5.80. The van der Waals surface area contributed by atoms with Crippen molar-refractivity contribution in [1.82, 2.24) is 4.90 Å². The molecule has 0 atom stereocenters. The largest absolute Gasteiger partial charge is 0.377 e. The van der Waals surface area contributed by atoms with Gasteiger partial charge in [0.05, 0.1) is 12.7 Å². The van der Waals surface area contributed by atoms with E-state index in [1.54, 1.807) is 0 Å². The topological polar surface area (TPSA) is 12.5 Å². The molecule has 0 radical (unpaired) electrons. The number of ether oxygens (including phenoxy) is 1. The highest BCUT2D eigenvalue weighted by molar-refractivity contribution is 4.72. The second-order valence-electron chi connectivity index (χ2n) is 7.61. The average molecular weight is 342 g/mol. The molecule has 0 aromatic heterocycles. The SMILES string of the molecule is CCCCCCCC(CCCCCCC)N(CC)CCOC(C)C. The first-order valence-electron chi connectivity index (χ1n) is 11.0. The highest BCUT2D eigenvalue weighted by atomic mass is 16.5. The van der Waals surface area contributed by atoms with E-state index in [1.807, 2.05) is 0 Å². The summed E-state index contributed by atoms with van der Waals surface area (Å²) in [5.74, 6) is 0. The molecule has 2 nitrogen and oxygen atoms in total. The predicted molar refractivity (Wildman–Crippen MR) is 109 cm³/mol. The van der Waals surface area contributed by atoms with Crippen molar-refractivity contribution in [2.24, 2.45) is 0 Å². The summed E-state index contributed by atoms with van der Waals surface area (Å²) in [5, 5.41) is 0. The van der Waals surface area contributed by atoms with Gasteiger partial charge < -0.3 is 4.74 Å². The summed E-state index contributed by atoms with van der Waals surface area (Å²) in [6.07, 6.45) is 17.1. The van der Waals surface area contributed by atoms with Gasteiger partial charge in [0.1, 0.15) is 0 Å². The second kappa shape index (κ2) is 17.7. The Hall–Kier alpha value is -0.0800. The molecule has 0 aromatic rings. The number of nitrogens with zero attached hydrogens (tertiary/aromatic N) is 1. The third kappa shape index (κ3) is 14.3. The van der Waals surface area contributed by atoms with Gasteiger partial charge in [-0.05, 0) is 33.2 Å². The number of hydrogen-bond donors (Lipinski definition) is 0. The van der Waals surface area contributed by atoms with Gasteiger partial charge in [-0.3, -0.25) is 4.90 Å². The smallest absolute Gasteiger partial charge is 0.0597 e. The Balaban J connectivity index is 4.22. The zero-order chi connectivity index (χ0) is 18.0.